The number of hydrogen-bond acceptors (Lipinski definition) is 2. The van der Waals surface area contributed by atoms with Crippen molar-refractivity contribution in [1.82, 2.24) is 9.78 Å². The molecule has 1 amide bonds. The number of benzene rings is 2. The lowest BCUT2D eigenvalue weighted by atomic mass is 9.91. The molecule has 0 spiro atoms. The number of nitrogens with two attached hydrogens (primary N) is 1. The van der Waals surface area contributed by atoms with E-state index in [4.69, 9.17) is 17.3 Å². The molecule has 0 bridgehead atoms. The van der Waals surface area contributed by atoms with E-state index >= 15 is 0 Å². The summed E-state index contributed by atoms with van der Waals surface area (Å²) in [5.41, 5.74) is 3.89. The highest BCUT2D eigenvalue weighted by Crippen LogP contribution is 2.38. The first-order valence-electron chi connectivity index (χ1n) is 8.22. The molecular formula is C19H13ClF5N3O. The minimum Gasteiger partial charge on any atom is -0.369 e. The van der Waals surface area contributed by atoms with E-state index in [0.717, 1.165) is 42.6 Å². The predicted molar refractivity (Wildman–Crippen MR) is 95.6 cm³/mol. The second kappa shape index (κ2) is 7.82. The molecule has 10 heteroatoms. The Morgan fingerprint density at radius 2 is 1.72 bits per heavy atom. The van der Waals surface area contributed by atoms with Crippen molar-refractivity contribution in [3.8, 4) is 5.69 Å². The lowest BCUT2D eigenvalue weighted by Gasteiger charge is -2.18. The number of carbonyl (C=O) groups is 1. The summed E-state index contributed by atoms with van der Waals surface area (Å²) in [6.45, 7) is 0. The second-order valence-corrected chi connectivity index (χ2v) is 6.64. The summed E-state index contributed by atoms with van der Waals surface area (Å²) in [4.78, 5) is 12.0. The van der Waals surface area contributed by atoms with Crippen LogP contribution in [0.2, 0.25) is 5.02 Å². The molecule has 3 aromatic rings. The molecule has 1 unspecified atom stereocenters. The van der Waals surface area contributed by atoms with Gasteiger partial charge in [-0.15, -0.1) is 0 Å². The van der Waals surface area contributed by atoms with Crippen LogP contribution >= 0.6 is 11.6 Å². The van der Waals surface area contributed by atoms with Gasteiger partial charge < -0.3 is 5.73 Å². The lowest BCUT2D eigenvalue weighted by Crippen LogP contribution is -2.26. The number of aromatic nitrogens is 2. The zero-order valence-electron chi connectivity index (χ0n) is 14.6. The topological polar surface area (TPSA) is 60.9 Å². The maximum Gasteiger partial charge on any atom is 0.433 e. The third kappa shape index (κ3) is 4.40. The van der Waals surface area contributed by atoms with Crippen molar-refractivity contribution in [1.29, 1.82) is 0 Å². The van der Waals surface area contributed by atoms with Gasteiger partial charge in [0.2, 0.25) is 5.91 Å². The van der Waals surface area contributed by atoms with Crippen molar-refractivity contribution >= 4 is 17.5 Å². The Hall–Kier alpha value is -2.94. The van der Waals surface area contributed by atoms with Crippen LogP contribution in [-0.2, 0) is 17.4 Å². The fraction of sp³-hybridized carbons (Fsp3) is 0.158. The monoisotopic (exact) mass is 429 g/mol. The van der Waals surface area contributed by atoms with Crippen LogP contribution in [0.15, 0.2) is 48.7 Å². The van der Waals surface area contributed by atoms with Gasteiger partial charge in [-0.1, -0.05) is 17.7 Å². The van der Waals surface area contributed by atoms with Gasteiger partial charge in [0.25, 0.3) is 0 Å². The second-order valence-electron chi connectivity index (χ2n) is 6.23. The summed E-state index contributed by atoms with van der Waals surface area (Å²) >= 11 is 5.94. The summed E-state index contributed by atoms with van der Waals surface area (Å²) in [6.07, 6.45) is -4.29. The van der Waals surface area contributed by atoms with Gasteiger partial charge in [-0.25, -0.2) is 13.5 Å². The minimum absolute atomic E-state index is 0.0456. The number of primary amides is 1. The van der Waals surface area contributed by atoms with Crippen LogP contribution in [0.1, 0.15) is 22.7 Å². The first-order chi connectivity index (χ1) is 13.6. The number of amides is 1. The van der Waals surface area contributed by atoms with Gasteiger partial charge >= 0.3 is 6.18 Å². The van der Waals surface area contributed by atoms with Crippen molar-refractivity contribution in [2.45, 2.75) is 18.5 Å². The van der Waals surface area contributed by atoms with Crippen molar-refractivity contribution in [2.75, 3.05) is 0 Å². The Morgan fingerprint density at radius 1 is 1.10 bits per heavy atom. The predicted octanol–water partition coefficient (Wildman–Crippen LogP) is 4.63. The smallest absolute Gasteiger partial charge is 0.369 e. The van der Waals surface area contributed by atoms with Gasteiger partial charge in [-0.2, -0.15) is 18.3 Å². The third-order valence-corrected chi connectivity index (χ3v) is 4.65. The molecule has 0 radical (unpaired) electrons. The van der Waals surface area contributed by atoms with Crippen molar-refractivity contribution < 1.29 is 26.7 Å². The Morgan fingerprint density at radius 3 is 2.28 bits per heavy atom. The van der Waals surface area contributed by atoms with Crippen molar-refractivity contribution in [3.05, 3.63) is 82.1 Å². The highest BCUT2D eigenvalue weighted by Gasteiger charge is 2.41. The number of hydrogen-bond donors (Lipinski definition) is 1. The number of carbonyl (C=O) groups excluding carboxylic acids is 1. The van der Waals surface area contributed by atoms with Crippen LogP contribution < -0.4 is 5.73 Å². The van der Waals surface area contributed by atoms with Crippen LogP contribution in [-0.4, -0.2) is 15.7 Å². The molecule has 2 N–H and O–H groups in total. The van der Waals surface area contributed by atoms with Gasteiger partial charge in [0.1, 0.15) is 11.6 Å². The standard InChI is InChI=1S/C19H13ClF5N3O/c20-16-8-12(22)2-1-10(16)7-14(18(26)29)15-9-27-28(17(15)19(23,24)25)13-5-3-11(21)4-6-13/h1-6,8-9,14H,7H2,(H2,26,29). The Balaban J connectivity index is 2.11. The molecule has 0 fully saturated rings. The van der Waals surface area contributed by atoms with E-state index in [1.165, 1.54) is 6.07 Å². The zero-order chi connectivity index (χ0) is 21.3. The van der Waals surface area contributed by atoms with Crippen LogP contribution in [0.3, 0.4) is 0 Å². The van der Waals surface area contributed by atoms with Crippen molar-refractivity contribution in [3.63, 3.8) is 0 Å². The molecule has 29 heavy (non-hydrogen) atoms. The molecule has 1 aromatic heterocycles. The normalized spacial score (nSPS) is 12.8. The average molecular weight is 430 g/mol. The lowest BCUT2D eigenvalue weighted by molar-refractivity contribution is -0.143. The molecule has 0 saturated carbocycles. The SMILES string of the molecule is NC(=O)C(Cc1ccc(F)cc1Cl)c1cnn(-c2ccc(F)cc2)c1C(F)(F)F. The molecular weight excluding hydrogens is 417 g/mol. The van der Waals surface area contributed by atoms with Gasteiger partial charge in [0, 0.05) is 10.6 Å². The zero-order valence-corrected chi connectivity index (χ0v) is 15.3. The molecule has 2 aromatic carbocycles. The van der Waals surface area contributed by atoms with Crippen LogP contribution in [0.25, 0.3) is 5.69 Å². The van der Waals surface area contributed by atoms with Crippen molar-refractivity contribution in [2.24, 2.45) is 5.73 Å². The first-order valence-corrected chi connectivity index (χ1v) is 8.60. The summed E-state index contributed by atoms with van der Waals surface area (Å²) in [6, 6.07) is 7.55. The Labute approximate surface area is 166 Å². The molecule has 0 aliphatic heterocycles. The van der Waals surface area contributed by atoms with E-state index in [1.54, 1.807) is 0 Å². The molecule has 0 aliphatic carbocycles. The van der Waals surface area contributed by atoms with E-state index in [-0.39, 0.29) is 22.7 Å². The fourth-order valence-electron chi connectivity index (χ4n) is 2.95. The Kier molecular flexibility index (Phi) is 5.61. The summed E-state index contributed by atoms with van der Waals surface area (Å²) in [7, 11) is 0. The van der Waals surface area contributed by atoms with E-state index in [2.05, 4.69) is 5.10 Å². The highest BCUT2D eigenvalue weighted by molar-refractivity contribution is 6.31. The summed E-state index contributed by atoms with van der Waals surface area (Å²) in [5, 5.41) is 3.69. The van der Waals surface area contributed by atoms with Crippen LogP contribution in [0.5, 0.6) is 0 Å². The quantitative estimate of drug-likeness (QED) is 0.601. The number of halogens is 6. The molecule has 4 nitrogen and oxygen atoms in total. The first kappa shape index (κ1) is 20.8. The number of nitrogens with zero attached hydrogens (tertiary/aromatic N) is 2. The van der Waals surface area contributed by atoms with E-state index < -0.39 is 40.9 Å². The van der Waals surface area contributed by atoms with Gasteiger partial charge in [0.15, 0.2) is 5.69 Å². The largest absolute Gasteiger partial charge is 0.433 e. The van der Waals surface area contributed by atoms with Gasteiger partial charge in [-0.05, 0) is 48.4 Å². The molecule has 152 valence electrons. The number of alkyl halides is 3. The summed E-state index contributed by atoms with van der Waals surface area (Å²) < 4.78 is 68.5. The number of rotatable bonds is 5. The van der Waals surface area contributed by atoms with Gasteiger partial charge in [0.05, 0.1) is 17.8 Å². The third-order valence-electron chi connectivity index (χ3n) is 4.30. The van der Waals surface area contributed by atoms with E-state index in [0.29, 0.717) is 4.68 Å². The molecule has 0 saturated heterocycles. The highest BCUT2D eigenvalue weighted by atomic mass is 35.5. The van der Waals surface area contributed by atoms with Crippen LogP contribution in [0.4, 0.5) is 22.0 Å². The average Bonchev–Trinajstić information content (AvgIpc) is 3.06. The molecule has 1 atom stereocenters. The minimum atomic E-state index is -4.89. The Bertz CT molecular complexity index is 1050. The summed E-state index contributed by atoms with van der Waals surface area (Å²) in [5.74, 6) is -3.72. The maximum atomic E-state index is 13.8. The molecule has 1 heterocycles. The van der Waals surface area contributed by atoms with E-state index in [9.17, 15) is 26.7 Å². The van der Waals surface area contributed by atoms with Gasteiger partial charge in [-0.3, -0.25) is 4.79 Å². The maximum absolute atomic E-state index is 13.8. The molecule has 0 aliphatic rings. The van der Waals surface area contributed by atoms with Crippen LogP contribution in [0, 0.1) is 11.6 Å². The fourth-order valence-corrected chi connectivity index (χ4v) is 3.19. The molecule has 3 rings (SSSR count). The van der Waals surface area contributed by atoms with E-state index in [1.807, 2.05) is 0 Å².